The van der Waals surface area contributed by atoms with E-state index < -0.39 is 53.0 Å². The summed E-state index contributed by atoms with van der Waals surface area (Å²) in [4.78, 5) is 50.7. The van der Waals surface area contributed by atoms with E-state index in [0.29, 0.717) is 0 Å². The second-order valence-corrected chi connectivity index (χ2v) is 9.01. The molecule has 0 saturated carbocycles. The van der Waals surface area contributed by atoms with Crippen molar-refractivity contribution in [3.05, 3.63) is 63.7 Å². The minimum Gasteiger partial charge on any atom is -0.387 e. The van der Waals surface area contributed by atoms with Crippen LogP contribution in [0.4, 0.5) is 8.78 Å². The number of rotatable bonds is 5. The third kappa shape index (κ3) is 4.34. The van der Waals surface area contributed by atoms with Gasteiger partial charge in [-0.1, -0.05) is 41.3 Å². The monoisotopic (exact) mass is 501 g/mol. The molecule has 2 aliphatic rings. The summed E-state index contributed by atoms with van der Waals surface area (Å²) in [5, 5.41) is 0.358. The van der Waals surface area contributed by atoms with Crippen LogP contribution in [-0.2, 0) is 32.2 Å². The molecule has 7 nitrogen and oxygen atoms in total. The zero-order chi connectivity index (χ0) is 26.6. The van der Waals surface area contributed by atoms with Gasteiger partial charge in [-0.3, -0.25) is 24.5 Å². The van der Waals surface area contributed by atoms with Gasteiger partial charge in [-0.05, 0) is 35.0 Å². The molecule has 1 N–H and O–H groups in total. The van der Waals surface area contributed by atoms with Crippen molar-refractivity contribution >= 4 is 72.2 Å². The zero-order valence-corrected chi connectivity index (χ0v) is 19.4. The van der Waals surface area contributed by atoms with Crippen molar-refractivity contribution in [2.45, 2.75) is 36.7 Å². The van der Waals surface area contributed by atoms with Gasteiger partial charge in [0.05, 0.1) is 15.7 Å². The van der Waals surface area contributed by atoms with Crippen molar-refractivity contribution in [1.82, 2.24) is 15.0 Å². The first-order valence-corrected chi connectivity index (χ1v) is 11.0. The number of carbonyl (C=O) groups excluding carboxylic acids is 4. The van der Waals surface area contributed by atoms with Crippen LogP contribution in [0.1, 0.15) is 39.9 Å². The van der Waals surface area contributed by atoms with Crippen molar-refractivity contribution in [2.75, 3.05) is 0 Å². The molecule has 2 aromatic rings. The lowest BCUT2D eigenvalue weighted by Gasteiger charge is -2.40. The maximum Gasteiger partial charge on any atom is 0.348 e. The van der Waals surface area contributed by atoms with Gasteiger partial charge >= 0.3 is 5.92 Å². The van der Waals surface area contributed by atoms with Crippen LogP contribution in [0.2, 0.25) is 5.02 Å². The Morgan fingerprint density at radius 1 is 1.19 bits per heavy atom. The van der Waals surface area contributed by atoms with E-state index in [1.165, 1.54) is 24.3 Å². The molecular formula is C22H14B4ClF2N3O4. The molecule has 8 radical (unpaired) electrons. The number of nitrogens with one attached hydrogen (secondary N) is 1. The lowest BCUT2D eigenvalue weighted by atomic mass is 9.57. The molecule has 4 amide bonds. The molecule has 1 saturated heterocycles. The fraction of sp³-hybridized carbons (Fsp3) is 0.273. The fourth-order valence-electron chi connectivity index (χ4n) is 4.28. The SMILES string of the molecule is [B]c1cc2c(cc1CN([B])C(=O)C(F)(F)c1ccc(Cl)cc1)C([B])([B])N(C1CCC(=O)NC1=O)C2=O. The number of piperidine rings is 1. The number of amides is 4. The van der Waals surface area contributed by atoms with Gasteiger partial charge in [0.1, 0.15) is 13.9 Å². The quantitative estimate of drug-likeness (QED) is 0.464. The number of halogens is 3. The molecule has 0 spiro atoms. The van der Waals surface area contributed by atoms with Gasteiger partial charge in [-0.15, -0.1) is 0 Å². The van der Waals surface area contributed by atoms with Crippen LogP contribution < -0.4 is 10.8 Å². The van der Waals surface area contributed by atoms with E-state index in [0.717, 1.165) is 17.0 Å². The van der Waals surface area contributed by atoms with Crippen LogP contribution >= 0.6 is 11.6 Å². The number of carbonyl (C=O) groups is 4. The van der Waals surface area contributed by atoms with E-state index >= 15 is 0 Å². The van der Waals surface area contributed by atoms with E-state index in [1.54, 1.807) is 0 Å². The molecule has 2 aliphatic heterocycles. The third-order valence-corrected chi connectivity index (χ3v) is 6.41. The maximum atomic E-state index is 14.8. The maximum absolute atomic E-state index is 14.8. The first-order valence-electron chi connectivity index (χ1n) is 10.6. The Morgan fingerprint density at radius 3 is 2.44 bits per heavy atom. The van der Waals surface area contributed by atoms with Crippen LogP contribution in [0, 0.1) is 0 Å². The smallest absolute Gasteiger partial charge is 0.348 e. The average molecular weight is 501 g/mol. The summed E-state index contributed by atoms with van der Waals surface area (Å²) in [6.45, 7) is -0.566. The Bertz CT molecular complexity index is 1290. The Labute approximate surface area is 215 Å². The molecule has 0 bridgehead atoms. The Kier molecular flexibility index (Phi) is 6.58. The van der Waals surface area contributed by atoms with Crippen molar-refractivity contribution in [1.29, 1.82) is 0 Å². The molecule has 4 rings (SSSR count). The molecule has 0 aromatic heterocycles. The minimum atomic E-state index is -3.96. The fourth-order valence-corrected chi connectivity index (χ4v) is 4.41. The molecule has 1 atom stereocenters. The Balaban J connectivity index is 1.61. The van der Waals surface area contributed by atoms with Gasteiger partial charge in [-0.2, -0.15) is 8.78 Å². The summed E-state index contributed by atoms with van der Waals surface area (Å²) >= 11 is 5.72. The van der Waals surface area contributed by atoms with E-state index in [1.807, 2.05) is 0 Å². The highest BCUT2D eigenvalue weighted by Crippen LogP contribution is 2.38. The number of alkyl halides is 2. The molecule has 1 unspecified atom stereocenters. The molecule has 14 heteroatoms. The minimum absolute atomic E-state index is 0.00709. The number of fused-ring (bicyclic) bond motifs is 1. The second-order valence-electron chi connectivity index (χ2n) is 8.58. The normalized spacial score (nSPS) is 19.1. The molecule has 2 heterocycles. The highest BCUT2D eigenvalue weighted by molar-refractivity contribution is 6.43. The molecule has 0 aliphatic carbocycles. The molecular weight excluding hydrogens is 487 g/mol. The summed E-state index contributed by atoms with van der Waals surface area (Å²) in [5.74, 6) is -7.59. The van der Waals surface area contributed by atoms with Crippen LogP contribution in [0.3, 0.4) is 0 Å². The number of imide groups is 1. The summed E-state index contributed by atoms with van der Waals surface area (Å²) < 4.78 is 29.5. The first kappa shape index (κ1) is 26.0. The Morgan fingerprint density at radius 2 is 1.83 bits per heavy atom. The standard InChI is InChI=1S/C22H14B4ClF2N3O4/c23-15-8-13-14(22(24,25)32(19(13)35)16-5-6-17(33)30-18(16)34)7-10(15)9-31(26)20(36)21(28,29)11-1-3-12(27)4-2-11/h1-4,7-8,16H,5-6,9H2,(H,30,33,34). The van der Waals surface area contributed by atoms with Crippen molar-refractivity contribution < 1.29 is 28.0 Å². The van der Waals surface area contributed by atoms with Crippen molar-refractivity contribution in [3.8, 4) is 0 Å². The molecule has 174 valence electrons. The zero-order valence-electron chi connectivity index (χ0n) is 18.6. The highest BCUT2D eigenvalue weighted by atomic mass is 35.5. The largest absolute Gasteiger partial charge is 0.387 e. The molecule has 1 fully saturated rings. The summed E-state index contributed by atoms with van der Waals surface area (Å²) in [6, 6.07) is 5.82. The third-order valence-electron chi connectivity index (χ3n) is 6.16. The number of hydrogen-bond donors (Lipinski definition) is 1. The average Bonchev–Trinajstić information content (AvgIpc) is 2.99. The van der Waals surface area contributed by atoms with E-state index in [9.17, 15) is 28.0 Å². The molecule has 2 aromatic carbocycles. The van der Waals surface area contributed by atoms with Gasteiger partial charge < -0.3 is 9.71 Å². The van der Waals surface area contributed by atoms with E-state index in [4.69, 9.17) is 43.1 Å². The van der Waals surface area contributed by atoms with Gasteiger partial charge in [-0.25, -0.2) is 0 Å². The number of nitrogens with zero attached hydrogens (tertiary/aromatic N) is 2. The topological polar surface area (TPSA) is 86.8 Å². The van der Waals surface area contributed by atoms with Gasteiger partial charge in [0.15, 0.2) is 0 Å². The highest BCUT2D eigenvalue weighted by Gasteiger charge is 2.49. The van der Waals surface area contributed by atoms with Gasteiger partial charge in [0, 0.05) is 29.1 Å². The summed E-state index contributed by atoms with van der Waals surface area (Å²) in [5.41, 5.74) is -0.516. The number of benzene rings is 2. The first-order chi connectivity index (χ1) is 16.7. The van der Waals surface area contributed by atoms with Crippen LogP contribution in [0.15, 0.2) is 36.4 Å². The van der Waals surface area contributed by atoms with Crippen molar-refractivity contribution in [3.63, 3.8) is 0 Å². The van der Waals surface area contributed by atoms with Crippen LogP contribution in [0.5, 0.6) is 0 Å². The van der Waals surface area contributed by atoms with Crippen LogP contribution in [0.25, 0.3) is 0 Å². The predicted octanol–water partition coefficient (Wildman–Crippen LogP) is 0.0462. The van der Waals surface area contributed by atoms with Crippen LogP contribution in [-0.4, -0.2) is 70.9 Å². The van der Waals surface area contributed by atoms with Crippen molar-refractivity contribution in [2.24, 2.45) is 0 Å². The lowest BCUT2D eigenvalue weighted by Crippen LogP contribution is -2.59. The number of hydrogen-bond acceptors (Lipinski definition) is 4. The van der Waals surface area contributed by atoms with E-state index in [2.05, 4.69) is 5.32 Å². The van der Waals surface area contributed by atoms with Gasteiger partial charge in [0.2, 0.25) is 19.8 Å². The van der Waals surface area contributed by atoms with Gasteiger partial charge in [0.25, 0.3) is 11.8 Å². The summed E-state index contributed by atoms with van der Waals surface area (Å²) in [7, 11) is 24.2. The predicted molar refractivity (Wildman–Crippen MR) is 129 cm³/mol. The van der Waals surface area contributed by atoms with E-state index in [-0.39, 0.29) is 44.8 Å². The Hall–Kier alpha value is -3.07. The lowest BCUT2D eigenvalue weighted by molar-refractivity contribution is -0.154. The molecule has 36 heavy (non-hydrogen) atoms. The summed E-state index contributed by atoms with van der Waals surface area (Å²) in [6.07, 6.45) is -0.0141. The second kappa shape index (κ2) is 9.10.